The normalized spacial score (nSPS) is 11.3. The van der Waals surface area contributed by atoms with Crippen LogP contribution in [0.3, 0.4) is 0 Å². The van der Waals surface area contributed by atoms with E-state index in [1.807, 2.05) is 0 Å². The number of nitrogens with zero attached hydrogens (tertiary/aromatic N) is 2. The summed E-state index contributed by atoms with van der Waals surface area (Å²) in [4.78, 5) is 11.6. The smallest absolute Gasteiger partial charge is 0.256 e. The molecule has 7 nitrogen and oxygen atoms in total. The second kappa shape index (κ2) is 5.02. The number of benzene rings is 1. The number of hydrogen-bond donors (Lipinski definition) is 2. The van der Waals surface area contributed by atoms with Crippen molar-refractivity contribution in [1.29, 1.82) is 0 Å². The van der Waals surface area contributed by atoms with Crippen molar-refractivity contribution in [3.8, 4) is 0 Å². The number of nitrogens with two attached hydrogens (primary N) is 1. The quantitative estimate of drug-likeness (QED) is 0.858. The molecule has 0 bridgehead atoms. The zero-order valence-corrected chi connectivity index (χ0v) is 11.2. The van der Waals surface area contributed by atoms with Crippen molar-refractivity contribution in [2.45, 2.75) is 4.90 Å². The van der Waals surface area contributed by atoms with Crippen molar-refractivity contribution in [2.24, 2.45) is 12.2 Å². The van der Waals surface area contributed by atoms with Crippen LogP contribution < -0.4 is 10.5 Å². The summed E-state index contributed by atoms with van der Waals surface area (Å²) < 4.78 is 36.7. The molecule has 0 saturated heterocycles. The summed E-state index contributed by atoms with van der Waals surface area (Å²) in [6.45, 7) is 0. The van der Waals surface area contributed by atoms with E-state index in [1.165, 1.54) is 30.1 Å². The third kappa shape index (κ3) is 3.00. The predicted molar refractivity (Wildman–Crippen MR) is 68.9 cm³/mol. The van der Waals surface area contributed by atoms with Gasteiger partial charge in [-0.1, -0.05) is 0 Å². The molecule has 3 N–H and O–H groups in total. The van der Waals surface area contributed by atoms with Crippen LogP contribution >= 0.6 is 0 Å². The molecule has 0 saturated carbocycles. The number of sulfonamides is 1. The third-order valence-electron chi connectivity index (χ3n) is 2.44. The first-order chi connectivity index (χ1) is 9.27. The van der Waals surface area contributed by atoms with Gasteiger partial charge in [0, 0.05) is 18.8 Å². The number of halogens is 1. The second-order valence-corrected chi connectivity index (χ2v) is 5.55. The number of aromatic nitrogens is 2. The van der Waals surface area contributed by atoms with Crippen molar-refractivity contribution in [1.82, 2.24) is 9.78 Å². The topological polar surface area (TPSA) is 107 Å². The zero-order valence-electron chi connectivity index (χ0n) is 10.4. The fourth-order valence-electron chi connectivity index (χ4n) is 1.54. The van der Waals surface area contributed by atoms with Crippen LogP contribution in [0.5, 0.6) is 0 Å². The lowest BCUT2D eigenvalue weighted by Crippen LogP contribution is -2.17. The Morgan fingerprint density at radius 2 is 1.95 bits per heavy atom. The van der Waals surface area contributed by atoms with Gasteiger partial charge in [0.15, 0.2) is 5.82 Å². The summed E-state index contributed by atoms with van der Waals surface area (Å²) in [5.41, 5.74) is 0.164. The van der Waals surface area contributed by atoms with E-state index in [0.29, 0.717) is 0 Å². The Morgan fingerprint density at radius 1 is 1.35 bits per heavy atom. The molecule has 2 rings (SSSR count). The Balaban J connectivity index is 2.31. The Bertz CT molecular complexity index is 752. The molecule has 0 aliphatic carbocycles. The highest BCUT2D eigenvalue weighted by Crippen LogP contribution is 2.18. The van der Waals surface area contributed by atoms with E-state index in [9.17, 15) is 17.6 Å². The number of primary sulfonamides is 1. The second-order valence-electron chi connectivity index (χ2n) is 4.02. The minimum atomic E-state index is -4.01. The summed E-state index contributed by atoms with van der Waals surface area (Å²) >= 11 is 0. The van der Waals surface area contributed by atoms with Gasteiger partial charge in [0.2, 0.25) is 10.0 Å². The fourth-order valence-corrected chi connectivity index (χ4v) is 2.20. The Morgan fingerprint density at radius 3 is 2.50 bits per heavy atom. The molecule has 1 aromatic carbocycles. The highest BCUT2D eigenvalue weighted by atomic mass is 32.2. The maximum absolute atomic E-state index is 12.8. The molecule has 0 radical (unpaired) electrons. The number of amides is 1. The first-order valence-corrected chi connectivity index (χ1v) is 6.95. The molecule has 0 atom stereocenters. The van der Waals surface area contributed by atoms with Crippen molar-refractivity contribution < 1.29 is 17.6 Å². The SMILES string of the molecule is Cn1cc(S(N)(=O)=O)c(NC(=O)c2ccc(F)cc2)n1. The van der Waals surface area contributed by atoms with Gasteiger partial charge in [-0.3, -0.25) is 9.48 Å². The van der Waals surface area contributed by atoms with E-state index in [0.717, 1.165) is 12.1 Å². The molecule has 1 aromatic heterocycles. The monoisotopic (exact) mass is 298 g/mol. The Kier molecular flexibility index (Phi) is 3.55. The van der Waals surface area contributed by atoms with Crippen LogP contribution in [0.25, 0.3) is 0 Å². The van der Waals surface area contributed by atoms with Gasteiger partial charge >= 0.3 is 0 Å². The molecular formula is C11H11FN4O3S. The average Bonchev–Trinajstić information content (AvgIpc) is 2.71. The van der Waals surface area contributed by atoms with Crippen molar-refractivity contribution >= 4 is 21.7 Å². The van der Waals surface area contributed by atoms with Crippen LogP contribution in [0.2, 0.25) is 0 Å². The minimum absolute atomic E-state index is 0.164. The lowest BCUT2D eigenvalue weighted by Gasteiger charge is -2.03. The molecule has 1 heterocycles. The summed E-state index contributed by atoms with van der Waals surface area (Å²) in [6.07, 6.45) is 1.18. The molecule has 0 aliphatic heterocycles. The number of rotatable bonds is 3. The third-order valence-corrected chi connectivity index (χ3v) is 3.35. The summed E-state index contributed by atoms with van der Waals surface area (Å²) in [7, 11) is -2.52. The van der Waals surface area contributed by atoms with Crippen molar-refractivity contribution in [3.63, 3.8) is 0 Å². The van der Waals surface area contributed by atoms with Crippen LogP contribution in [-0.4, -0.2) is 24.1 Å². The number of hydrogen-bond acceptors (Lipinski definition) is 4. The summed E-state index contributed by atoms with van der Waals surface area (Å²) in [5.74, 6) is -1.28. The van der Waals surface area contributed by atoms with Crippen LogP contribution in [0, 0.1) is 5.82 Å². The molecule has 106 valence electrons. The minimum Gasteiger partial charge on any atom is -0.304 e. The van der Waals surface area contributed by atoms with Crippen LogP contribution in [0.1, 0.15) is 10.4 Å². The van der Waals surface area contributed by atoms with E-state index in [-0.39, 0.29) is 16.3 Å². The van der Waals surface area contributed by atoms with Gasteiger partial charge in [-0.2, -0.15) is 5.10 Å². The molecule has 9 heteroatoms. The lowest BCUT2D eigenvalue weighted by molar-refractivity contribution is 0.102. The summed E-state index contributed by atoms with van der Waals surface area (Å²) in [6, 6.07) is 4.77. The van der Waals surface area contributed by atoms with E-state index >= 15 is 0 Å². The Labute approximate surface area is 114 Å². The van der Waals surface area contributed by atoms with E-state index < -0.39 is 21.7 Å². The maximum Gasteiger partial charge on any atom is 0.256 e. The number of carbonyl (C=O) groups excluding carboxylic acids is 1. The fraction of sp³-hybridized carbons (Fsp3) is 0.0909. The number of aryl methyl sites for hydroxylation is 1. The molecule has 20 heavy (non-hydrogen) atoms. The number of carbonyl (C=O) groups is 1. The molecular weight excluding hydrogens is 287 g/mol. The van der Waals surface area contributed by atoms with Crippen molar-refractivity contribution in [2.75, 3.05) is 5.32 Å². The standard InChI is InChI=1S/C11H11FN4O3S/c1-16-6-9(20(13,18)19)10(15-16)14-11(17)7-2-4-8(12)5-3-7/h2-6H,1H3,(H2,13,18,19)(H,14,15,17). The predicted octanol–water partition coefficient (Wildman–Crippen LogP) is 0.459. The van der Waals surface area contributed by atoms with E-state index in [1.54, 1.807) is 0 Å². The van der Waals surface area contributed by atoms with Gasteiger partial charge in [-0.05, 0) is 24.3 Å². The van der Waals surface area contributed by atoms with Crippen LogP contribution in [-0.2, 0) is 17.1 Å². The molecule has 0 spiro atoms. The largest absolute Gasteiger partial charge is 0.304 e. The molecule has 0 fully saturated rings. The molecule has 0 unspecified atom stereocenters. The first-order valence-electron chi connectivity index (χ1n) is 5.41. The van der Waals surface area contributed by atoms with Crippen LogP contribution in [0.15, 0.2) is 35.4 Å². The summed E-state index contributed by atoms with van der Waals surface area (Å²) in [5, 5.41) is 11.2. The van der Waals surface area contributed by atoms with Gasteiger partial charge < -0.3 is 5.32 Å². The van der Waals surface area contributed by atoms with Gasteiger partial charge in [0.25, 0.3) is 5.91 Å². The van der Waals surface area contributed by atoms with Gasteiger partial charge in [0.1, 0.15) is 10.7 Å². The highest BCUT2D eigenvalue weighted by molar-refractivity contribution is 7.89. The van der Waals surface area contributed by atoms with Crippen molar-refractivity contribution in [3.05, 3.63) is 41.8 Å². The van der Waals surface area contributed by atoms with Crippen LogP contribution in [0.4, 0.5) is 10.2 Å². The molecule has 0 aliphatic rings. The average molecular weight is 298 g/mol. The number of anilines is 1. The molecule has 2 aromatic rings. The molecule has 1 amide bonds. The maximum atomic E-state index is 12.8. The Hall–Kier alpha value is -2.26. The number of nitrogens with one attached hydrogen (secondary N) is 1. The zero-order chi connectivity index (χ0) is 14.9. The highest BCUT2D eigenvalue weighted by Gasteiger charge is 2.20. The first kappa shape index (κ1) is 14.2. The van der Waals surface area contributed by atoms with E-state index in [4.69, 9.17) is 5.14 Å². The van der Waals surface area contributed by atoms with Gasteiger partial charge in [0.05, 0.1) is 0 Å². The van der Waals surface area contributed by atoms with Gasteiger partial charge in [-0.25, -0.2) is 17.9 Å². The van der Waals surface area contributed by atoms with E-state index in [2.05, 4.69) is 10.4 Å². The van der Waals surface area contributed by atoms with Gasteiger partial charge in [-0.15, -0.1) is 0 Å². The lowest BCUT2D eigenvalue weighted by atomic mass is 10.2.